The molecule has 0 radical (unpaired) electrons. The zero-order valence-electron chi connectivity index (χ0n) is 19.2. The quantitative estimate of drug-likeness (QED) is 0.285. The molecule has 0 spiro atoms. The minimum Gasteiger partial charge on any atom is -0.497 e. The third-order valence-electron chi connectivity index (χ3n) is 5.74. The molecule has 0 aliphatic carbocycles. The smallest absolute Gasteiger partial charge is 0.345 e. The number of amides is 1. The number of carbonyl (C=O) groups is 2. The number of hydrogen-bond donors (Lipinski definition) is 0. The van der Waals surface area contributed by atoms with Crippen LogP contribution >= 0.6 is 0 Å². The number of methoxy groups -OCH3 is 1. The summed E-state index contributed by atoms with van der Waals surface area (Å²) in [6, 6.07) is 20.8. The van der Waals surface area contributed by atoms with Crippen molar-refractivity contribution in [3.63, 3.8) is 0 Å². The van der Waals surface area contributed by atoms with E-state index in [1.54, 1.807) is 19.2 Å². The van der Waals surface area contributed by atoms with Crippen molar-refractivity contribution in [3.05, 3.63) is 105 Å². The predicted octanol–water partition coefficient (Wildman–Crippen LogP) is 4.45. The molecule has 3 aromatic carbocycles. The van der Waals surface area contributed by atoms with E-state index in [2.05, 4.69) is 5.10 Å². The lowest BCUT2D eigenvalue weighted by molar-refractivity contribution is -0.385. The van der Waals surface area contributed by atoms with Crippen molar-refractivity contribution in [2.45, 2.75) is 19.4 Å². The van der Waals surface area contributed by atoms with Crippen molar-refractivity contribution in [2.24, 2.45) is 5.10 Å². The second-order valence-electron chi connectivity index (χ2n) is 7.95. The lowest BCUT2D eigenvalue weighted by Crippen LogP contribution is -2.31. The maximum atomic E-state index is 13.1. The van der Waals surface area contributed by atoms with Gasteiger partial charge in [0.2, 0.25) is 0 Å². The lowest BCUT2D eigenvalue weighted by atomic mass is 9.98. The number of carbonyl (C=O) groups excluding carboxylic acids is 2. The summed E-state index contributed by atoms with van der Waals surface area (Å²) in [5, 5.41) is 17.3. The van der Waals surface area contributed by atoms with Gasteiger partial charge >= 0.3 is 5.97 Å². The zero-order chi connectivity index (χ0) is 24.9. The number of para-hydroxylation sites is 1. The van der Waals surface area contributed by atoms with Gasteiger partial charge in [0.05, 0.1) is 23.8 Å². The first kappa shape index (κ1) is 23.6. The van der Waals surface area contributed by atoms with E-state index in [0.717, 1.165) is 16.8 Å². The topological polar surface area (TPSA) is 111 Å². The van der Waals surface area contributed by atoms with Gasteiger partial charge in [-0.05, 0) is 36.2 Å². The van der Waals surface area contributed by atoms with E-state index in [0.29, 0.717) is 17.7 Å². The number of hydrazone groups is 1. The highest BCUT2D eigenvalue weighted by molar-refractivity contribution is 6.03. The van der Waals surface area contributed by atoms with Crippen LogP contribution in [0.3, 0.4) is 0 Å². The summed E-state index contributed by atoms with van der Waals surface area (Å²) < 4.78 is 10.4. The second-order valence-corrected chi connectivity index (χ2v) is 7.95. The molecule has 1 aliphatic heterocycles. The van der Waals surface area contributed by atoms with E-state index in [4.69, 9.17) is 9.47 Å². The Hall–Kier alpha value is -4.53. The molecule has 178 valence electrons. The van der Waals surface area contributed by atoms with E-state index >= 15 is 0 Å². The molecule has 0 saturated carbocycles. The monoisotopic (exact) mass is 473 g/mol. The molecule has 1 amide bonds. The van der Waals surface area contributed by atoms with Gasteiger partial charge in [0.25, 0.3) is 11.6 Å². The first-order valence-electron chi connectivity index (χ1n) is 10.9. The summed E-state index contributed by atoms with van der Waals surface area (Å²) in [5.74, 6) is -0.802. The van der Waals surface area contributed by atoms with E-state index in [1.807, 2.05) is 42.5 Å². The van der Waals surface area contributed by atoms with Gasteiger partial charge in [0, 0.05) is 12.0 Å². The fourth-order valence-corrected chi connectivity index (χ4v) is 3.97. The molecule has 0 saturated heterocycles. The molecule has 0 N–H and O–H groups in total. The van der Waals surface area contributed by atoms with Crippen LogP contribution in [0.1, 0.15) is 39.5 Å². The molecule has 9 nitrogen and oxygen atoms in total. The average Bonchev–Trinajstić information content (AvgIpc) is 3.33. The van der Waals surface area contributed by atoms with Crippen LogP contribution in [-0.2, 0) is 9.53 Å². The van der Waals surface area contributed by atoms with Gasteiger partial charge in [-0.15, -0.1) is 0 Å². The van der Waals surface area contributed by atoms with E-state index in [-0.39, 0.29) is 11.3 Å². The van der Waals surface area contributed by atoms with E-state index < -0.39 is 29.4 Å². The summed E-state index contributed by atoms with van der Waals surface area (Å²) in [4.78, 5) is 36.5. The van der Waals surface area contributed by atoms with Gasteiger partial charge in [-0.25, -0.2) is 9.80 Å². The molecule has 1 unspecified atom stereocenters. The Kier molecular flexibility index (Phi) is 6.86. The summed E-state index contributed by atoms with van der Waals surface area (Å²) in [6.45, 7) is 0.922. The molecule has 0 bridgehead atoms. The van der Waals surface area contributed by atoms with Crippen molar-refractivity contribution < 1.29 is 24.0 Å². The van der Waals surface area contributed by atoms with Crippen LogP contribution in [-0.4, -0.2) is 41.2 Å². The Balaban J connectivity index is 1.56. The third-order valence-corrected chi connectivity index (χ3v) is 5.74. The Bertz CT molecular complexity index is 1290. The van der Waals surface area contributed by atoms with Crippen molar-refractivity contribution in [1.82, 2.24) is 5.01 Å². The first-order chi connectivity index (χ1) is 16.9. The van der Waals surface area contributed by atoms with Gasteiger partial charge in [0.1, 0.15) is 11.3 Å². The highest BCUT2D eigenvalue weighted by atomic mass is 16.6. The van der Waals surface area contributed by atoms with Gasteiger partial charge in [-0.3, -0.25) is 14.9 Å². The standard InChI is InChI=1S/C26H23N3O6/c1-17-7-6-10-21(25(17)29(32)33)26(31)35-16-24(30)28-23(19-11-13-20(34-2)14-12-19)15-22(27-28)18-8-4-3-5-9-18/h3-14,23H,15-16H2,1-2H3. The summed E-state index contributed by atoms with van der Waals surface area (Å²) >= 11 is 0. The Morgan fingerprint density at radius 1 is 1.06 bits per heavy atom. The SMILES string of the molecule is COc1ccc(C2CC(c3ccccc3)=NN2C(=O)COC(=O)c2cccc(C)c2[N+](=O)[O-])cc1. The van der Waals surface area contributed by atoms with Crippen molar-refractivity contribution in [2.75, 3.05) is 13.7 Å². The van der Waals surface area contributed by atoms with Gasteiger partial charge in [0.15, 0.2) is 6.61 Å². The number of ether oxygens (including phenoxy) is 2. The number of aryl methyl sites for hydroxylation is 1. The number of rotatable bonds is 7. The van der Waals surface area contributed by atoms with Crippen LogP contribution < -0.4 is 4.74 Å². The maximum absolute atomic E-state index is 13.1. The van der Waals surface area contributed by atoms with E-state index in [1.165, 1.54) is 30.1 Å². The minimum absolute atomic E-state index is 0.204. The van der Waals surface area contributed by atoms with Crippen LogP contribution in [0.25, 0.3) is 0 Å². The van der Waals surface area contributed by atoms with Crippen LogP contribution in [0.15, 0.2) is 77.9 Å². The van der Waals surface area contributed by atoms with Crippen LogP contribution in [0.5, 0.6) is 5.75 Å². The fraction of sp³-hybridized carbons (Fsp3) is 0.192. The normalized spacial score (nSPS) is 14.9. The average molecular weight is 473 g/mol. The van der Waals surface area contributed by atoms with Crippen LogP contribution in [0, 0.1) is 17.0 Å². The summed E-state index contributed by atoms with van der Waals surface area (Å²) in [7, 11) is 1.57. The number of nitro benzene ring substituents is 1. The van der Waals surface area contributed by atoms with Gasteiger partial charge < -0.3 is 9.47 Å². The molecular formula is C26H23N3O6. The molecule has 0 fully saturated rings. The highest BCUT2D eigenvalue weighted by Gasteiger charge is 2.34. The number of hydrogen-bond acceptors (Lipinski definition) is 7. The Morgan fingerprint density at radius 3 is 2.43 bits per heavy atom. The van der Waals surface area contributed by atoms with Gasteiger partial charge in [-0.1, -0.05) is 54.6 Å². The Labute approximate surface area is 201 Å². The van der Waals surface area contributed by atoms with Crippen molar-refractivity contribution >= 4 is 23.3 Å². The maximum Gasteiger partial charge on any atom is 0.345 e. The Morgan fingerprint density at radius 2 is 1.77 bits per heavy atom. The molecular weight excluding hydrogens is 450 g/mol. The number of nitrogens with zero attached hydrogens (tertiary/aromatic N) is 3. The third kappa shape index (κ3) is 5.03. The number of nitro groups is 1. The molecule has 9 heteroatoms. The first-order valence-corrected chi connectivity index (χ1v) is 10.9. The van der Waals surface area contributed by atoms with Crippen molar-refractivity contribution in [1.29, 1.82) is 0 Å². The number of benzene rings is 3. The minimum atomic E-state index is -0.943. The molecule has 35 heavy (non-hydrogen) atoms. The lowest BCUT2D eigenvalue weighted by Gasteiger charge is -2.22. The molecule has 3 aromatic rings. The fourth-order valence-electron chi connectivity index (χ4n) is 3.97. The zero-order valence-corrected chi connectivity index (χ0v) is 19.2. The molecule has 4 rings (SSSR count). The van der Waals surface area contributed by atoms with E-state index in [9.17, 15) is 19.7 Å². The summed E-state index contributed by atoms with van der Waals surface area (Å²) in [6.07, 6.45) is 0.472. The predicted molar refractivity (Wildman–Crippen MR) is 128 cm³/mol. The second kappa shape index (κ2) is 10.2. The van der Waals surface area contributed by atoms with Crippen molar-refractivity contribution in [3.8, 4) is 5.75 Å². The van der Waals surface area contributed by atoms with Crippen LogP contribution in [0.4, 0.5) is 5.69 Å². The molecule has 0 aromatic heterocycles. The van der Waals surface area contributed by atoms with Crippen LogP contribution in [0.2, 0.25) is 0 Å². The largest absolute Gasteiger partial charge is 0.497 e. The molecule has 1 aliphatic rings. The molecule has 1 atom stereocenters. The highest BCUT2D eigenvalue weighted by Crippen LogP contribution is 2.34. The molecule has 1 heterocycles. The number of esters is 1. The van der Waals surface area contributed by atoms with Gasteiger partial charge in [-0.2, -0.15) is 5.10 Å². The summed E-state index contributed by atoms with van der Waals surface area (Å²) in [5.41, 5.74) is 2.23.